The number of hydrogen-bond acceptors (Lipinski definition) is 4. The third-order valence-electron chi connectivity index (χ3n) is 2.93. The highest BCUT2D eigenvalue weighted by molar-refractivity contribution is 5.40. The van der Waals surface area contributed by atoms with E-state index in [0.717, 1.165) is 11.6 Å². The average Bonchev–Trinajstić information content (AvgIpc) is 2.69. The fraction of sp³-hybridized carbons (Fsp3) is 0.636. The Balaban J connectivity index is 2.30. The second-order valence-electron chi connectivity index (χ2n) is 4.39. The summed E-state index contributed by atoms with van der Waals surface area (Å²) < 4.78 is 0. The maximum absolute atomic E-state index is 5.79. The van der Waals surface area contributed by atoms with Crippen LogP contribution in [0.1, 0.15) is 37.3 Å². The molecule has 1 aliphatic rings. The van der Waals surface area contributed by atoms with Gasteiger partial charge in [0.1, 0.15) is 5.82 Å². The highest BCUT2D eigenvalue weighted by Crippen LogP contribution is 2.33. The van der Waals surface area contributed by atoms with Crippen LogP contribution in [0, 0.1) is 0 Å². The van der Waals surface area contributed by atoms with Gasteiger partial charge in [0.05, 0.1) is 5.69 Å². The molecule has 0 unspecified atom stereocenters. The minimum absolute atomic E-state index is 0.579. The largest absolute Gasteiger partial charge is 0.384 e. The van der Waals surface area contributed by atoms with Gasteiger partial charge in [-0.05, 0) is 12.8 Å². The van der Waals surface area contributed by atoms with Crippen molar-refractivity contribution in [1.82, 2.24) is 9.97 Å². The van der Waals surface area contributed by atoms with Gasteiger partial charge in [-0.1, -0.05) is 12.8 Å². The first-order chi connectivity index (χ1) is 7.16. The molecule has 0 aliphatic heterocycles. The van der Waals surface area contributed by atoms with Crippen LogP contribution in [0.3, 0.4) is 0 Å². The van der Waals surface area contributed by atoms with Crippen molar-refractivity contribution in [3.05, 3.63) is 11.8 Å². The molecule has 0 saturated heterocycles. The van der Waals surface area contributed by atoms with Crippen LogP contribution in [-0.2, 0) is 0 Å². The van der Waals surface area contributed by atoms with E-state index >= 15 is 0 Å². The molecule has 2 N–H and O–H groups in total. The third-order valence-corrected chi connectivity index (χ3v) is 2.93. The van der Waals surface area contributed by atoms with Crippen LogP contribution in [0.5, 0.6) is 0 Å². The maximum Gasteiger partial charge on any atom is 0.227 e. The van der Waals surface area contributed by atoms with Crippen molar-refractivity contribution < 1.29 is 0 Å². The minimum Gasteiger partial charge on any atom is -0.384 e. The molecule has 1 saturated carbocycles. The molecule has 0 spiro atoms. The van der Waals surface area contributed by atoms with Gasteiger partial charge >= 0.3 is 0 Å². The van der Waals surface area contributed by atoms with Gasteiger partial charge in [0.2, 0.25) is 5.95 Å². The van der Waals surface area contributed by atoms with Gasteiger partial charge in [-0.25, -0.2) is 4.98 Å². The first-order valence-electron chi connectivity index (χ1n) is 5.48. The first kappa shape index (κ1) is 10.2. The van der Waals surface area contributed by atoms with Gasteiger partial charge in [0, 0.05) is 26.1 Å². The van der Waals surface area contributed by atoms with Crippen LogP contribution in [0.2, 0.25) is 0 Å². The fourth-order valence-electron chi connectivity index (χ4n) is 2.10. The Labute approximate surface area is 90.5 Å². The molecular formula is C11H18N4. The lowest BCUT2D eigenvalue weighted by molar-refractivity contribution is 0.693. The Morgan fingerprint density at radius 3 is 2.53 bits per heavy atom. The molecule has 4 heteroatoms. The lowest BCUT2D eigenvalue weighted by Gasteiger charge is -2.14. The van der Waals surface area contributed by atoms with Crippen molar-refractivity contribution >= 4 is 11.8 Å². The molecule has 1 heterocycles. The zero-order valence-corrected chi connectivity index (χ0v) is 9.40. The molecule has 0 atom stereocenters. The highest BCUT2D eigenvalue weighted by Gasteiger charge is 2.19. The molecule has 1 fully saturated rings. The smallest absolute Gasteiger partial charge is 0.227 e. The standard InChI is InChI=1S/C11H18N4/c1-15(2)11-13-9(7-10(12)14-11)8-5-3-4-6-8/h7-8H,3-6H2,1-2H3,(H2,12,13,14). The van der Waals surface area contributed by atoms with Gasteiger partial charge in [-0.3, -0.25) is 0 Å². The summed E-state index contributed by atoms with van der Waals surface area (Å²) in [5.74, 6) is 1.89. The lowest BCUT2D eigenvalue weighted by atomic mass is 10.0. The van der Waals surface area contributed by atoms with Gasteiger partial charge in [-0.15, -0.1) is 0 Å². The van der Waals surface area contributed by atoms with Crippen molar-refractivity contribution in [2.24, 2.45) is 0 Å². The Morgan fingerprint density at radius 1 is 1.27 bits per heavy atom. The second kappa shape index (κ2) is 4.04. The van der Waals surface area contributed by atoms with E-state index in [9.17, 15) is 0 Å². The first-order valence-corrected chi connectivity index (χ1v) is 5.48. The van der Waals surface area contributed by atoms with Crippen LogP contribution < -0.4 is 10.6 Å². The quantitative estimate of drug-likeness (QED) is 0.801. The summed E-state index contributed by atoms with van der Waals surface area (Å²) >= 11 is 0. The Morgan fingerprint density at radius 2 is 1.93 bits per heavy atom. The minimum atomic E-state index is 0.579. The molecule has 1 aromatic rings. The molecule has 4 nitrogen and oxygen atoms in total. The van der Waals surface area contributed by atoms with E-state index in [0.29, 0.717) is 11.7 Å². The zero-order chi connectivity index (χ0) is 10.8. The zero-order valence-electron chi connectivity index (χ0n) is 9.40. The van der Waals surface area contributed by atoms with Gasteiger partial charge in [0.25, 0.3) is 0 Å². The normalized spacial score (nSPS) is 16.9. The van der Waals surface area contributed by atoms with Crippen LogP contribution in [0.4, 0.5) is 11.8 Å². The van der Waals surface area contributed by atoms with Crippen LogP contribution >= 0.6 is 0 Å². The molecule has 2 rings (SSSR count). The van der Waals surface area contributed by atoms with Crippen LogP contribution in [-0.4, -0.2) is 24.1 Å². The molecule has 0 bridgehead atoms. The monoisotopic (exact) mass is 206 g/mol. The van der Waals surface area contributed by atoms with Crippen molar-refractivity contribution in [3.63, 3.8) is 0 Å². The van der Waals surface area contributed by atoms with E-state index < -0.39 is 0 Å². The number of nitrogens with zero attached hydrogens (tertiary/aromatic N) is 3. The molecule has 0 radical (unpaired) electrons. The number of nitrogen functional groups attached to an aromatic ring is 1. The molecule has 0 amide bonds. The van der Waals surface area contributed by atoms with E-state index in [2.05, 4.69) is 9.97 Å². The van der Waals surface area contributed by atoms with E-state index in [1.54, 1.807) is 0 Å². The highest BCUT2D eigenvalue weighted by atomic mass is 15.2. The van der Waals surface area contributed by atoms with Crippen molar-refractivity contribution in [1.29, 1.82) is 0 Å². The van der Waals surface area contributed by atoms with E-state index in [-0.39, 0.29) is 0 Å². The Bertz CT molecular complexity index is 342. The summed E-state index contributed by atoms with van der Waals surface area (Å²) in [5, 5.41) is 0. The van der Waals surface area contributed by atoms with Crippen LogP contribution in [0.25, 0.3) is 0 Å². The lowest BCUT2D eigenvalue weighted by Crippen LogP contribution is -2.15. The summed E-state index contributed by atoms with van der Waals surface area (Å²) in [4.78, 5) is 10.6. The second-order valence-corrected chi connectivity index (χ2v) is 4.39. The molecule has 82 valence electrons. The summed E-state index contributed by atoms with van der Waals surface area (Å²) in [5.41, 5.74) is 6.90. The number of nitrogens with two attached hydrogens (primary N) is 1. The summed E-state index contributed by atoms with van der Waals surface area (Å²) in [6.45, 7) is 0. The topological polar surface area (TPSA) is 55.0 Å². The Kier molecular flexibility index (Phi) is 2.75. The van der Waals surface area contributed by atoms with E-state index in [4.69, 9.17) is 5.73 Å². The average molecular weight is 206 g/mol. The van der Waals surface area contributed by atoms with Crippen molar-refractivity contribution in [3.8, 4) is 0 Å². The Hall–Kier alpha value is -1.32. The predicted octanol–water partition coefficient (Wildman–Crippen LogP) is 1.78. The third kappa shape index (κ3) is 2.19. The van der Waals surface area contributed by atoms with Gasteiger partial charge in [-0.2, -0.15) is 4.98 Å². The fourth-order valence-corrected chi connectivity index (χ4v) is 2.10. The number of rotatable bonds is 2. The molecule has 1 aromatic heterocycles. The molecular weight excluding hydrogens is 188 g/mol. The van der Waals surface area contributed by atoms with Crippen LogP contribution in [0.15, 0.2) is 6.07 Å². The summed E-state index contributed by atoms with van der Waals surface area (Å²) in [7, 11) is 3.88. The van der Waals surface area contributed by atoms with Gasteiger partial charge in [0.15, 0.2) is 0 Å². The van der Waals surface area contributed by atoms with Crippen molar-refractivity contribution in [2.45, 2.75) is 31.6 Å². The maximum atomic E-state index is 5.79. The summed E-state index contributed by atoms with van der Waals surface area (Å²) in [6, 6.07) is 1.92. The van der Waals surface area contributed by atoms with E-state index in [1.165, 1.54) is 25.7 Å². The van der Waals surface area contributed by atoms with Gasteiger partial charge < -0.3 is 10.6 Å². The molecule has 15 heavy (non-hydrogen) atoms. The molecule has 0 aromatic carbocycles. The van der Waals surface area contributed by atoms with E-state index in [1.807, 2.05) is 25.1 Å². The summed E-state index contributed by atoms with van der Waals surface area (Å²) in [6.07, 6.45) is 5.10. The number of hydrogen-bond donors (Lipinski definition) is 1. The molecule has 1 aliphatic carbocycles. The number of anilines is 2. The predicted molar refractivity (Wildman–Crippen MR) is 62.0 cm³/mol. The SMILES string of the molecule is CN(C)c1nc(N)cc(C2CCCC2)n1. The van der Waals surface area contributed by atoms with Crippen molar-refractivity contribution in [2.75, 3.05) is 24.7 Å². The number of aromatic nitrogens is 2.